The molecule has 36 heavy (non-hydrogen) atoms. The summed E-state index contributed by atoms with van der Waals surface area (Å²) in [6, 6.07) is 6.24. The van der Waals surface area contributed by atoms with Crippen molar-refractivity contribution in [3.8, 4) is 5.75 Å². The van der Waals surface area contributed by atoms with Crippen molar-refractivity contribution in [1.29, 1.82) is 0 Å². The van der Waals surface area contributed by atoms with Crippen LogP contribution in [0.1, 0.15) is 76.7 Å². The van der Waals surface area contributed by atoms with Crippen molar-refractivity contribution in [3.63, 3.8) is 0 Å². The first-order valence-electron chi connectivity index (χ1n) is 13.4. The van der Waals surface area contributed by atoms with Crippen LogP contribution in [-0.2, 0) is 11.0 Å². The lowest BCUT2D eigenvalue weighted by Gasteiger charge is -2.45. The van der Waals surface area contributed by atoms with E-state index in [2.05, 4.69) is 17.2 Å². The lowest BCUT2D eigenvalue weighted by atomic mass is 9.64. The zero-order valence-corrected chi connectivity index (χ0v) is 20.7. The number of pyridine rings is 1. The van der Waals surface area contributed by atoms with Crippen molar-refractivity contribution in [3.05, 3.63) is 29.8 Å². The molecule has 0 saturated heterocycles. The number of carboxylic acids is 1. The van der Waals surface area contributed by atoms with E-state index in [-0.39, 0.29) is 46.6 Å². The number of aromatic nitrogens is 1. The number of rotatable bonds is 6. The van der Waals surface area contributed by atoms with Gasteiger partial charge in [0.25, 0.3) is 0 Å². The number of carboxylic acid groups (broad SMARTS) is 1. The average molecular weight is 505 g/mol. The molecule has 3 aliphatic rings. The molecule has 3 saturated carbocycles. The van der Waals surface area contributed by atoms with Crippen LogP contribution in [0.25, 0.3) is 10.9 Å². The normalized spacial score (nSPS) is 30.7. The van der Waals surface area contributed by atoms with E-state index in [0.29, 0.717) is 24.6 Å². The molecular formula is C28H35F3N2O3. The first-order chi connectivity index (χ1) is 17.2. The molecule has 5 rings (SSSR count). The number of nitrogens with zero attached hydrogens (tertiary/aromatic N) is 1. The summed E-state index contributed by atoms with van der Waals surface area (Å²) in [5.74, 6) is 0.494. The maximum atomic E-state index is 14.2. The van der Waals surface area contributed by atoms with Crippen LogP contribution in [0.15, 0.2) is 24.3 Å². The van der Waals surface area contributed by atoms with Crippen molar-refractivity contribution in [2.45, 2.75) is 89.5 Å². The molecule has 2 aromatic rings. The van der Waals surface area contributed by atoms with Gasteiger partial charge < -0.3 is 15.2 Å². The van der Waals surface area contributed by atoms with Gasteiger partial charge in [-0.15, -0.1) is 0 Å². The number of alkyl halides is 3. The third-order valence-corrected chi connectivity index (χ3v) is 8.79. The summed E-state index contributed by atoms with van der Waals surface area (Å²) in [5, 5.41) is 13.0. The molecule has 0 radical (unpaired) electrons. The molecule has 1 aromatic carbocycles. The third kappa shape index (κ3) is 5.14. The zero-order chi connectivity index (χ0) is 25.4. The number of nitrogens with one attached hydrogen (secondary N) is 1. The van der Waals surface area contributed by atoms with Gasteiger partial charge in [0.05, 0.1) is 17.5 Å². The lowest BCUT2D eigenvalue weighted by molar-refractivity contribution is -0.144. The van der Waals surface area contributed by atoms with E-state index in [1.165, 1.54) is 12.1 Å². The summed E-state index contributed by atoms with van der Waals surface area (Å²) < 4.78 is 48.6. The molecule has 1 heterocycles. The maximum Gasteiger partial charge on any atom is 0.420 e. The second-order valence-electron chi connectivity index (χ2n) is 11.0. The monoisotopic (exact) mass is 504 g/mol. The van der Waals surface area contributed by atoms with Crippen molar-refractivity contribution >= 4 is 22.7 Å². The maximum absolute atomic E-state index is 14.2. The highest BCUT2D eigenvalue weighted by atomic mass is 19.4. The minimum absolute atomic E-state index is 0.0440. The number of fused-ring (bicyclic) bond motifs is 3. The second kappa shape index (κ2) is 10.1. The molecule has 1 aromatic heterocycles. The second-order valence-corrected chi connectivity index (χ2v) is 11.0. The quantitative estimate of drug-likeness (QED) is 0.432. The van der Waals surface area contributed by atoms with Crippen molar-refractivity contribution in [2.75, 3.05) is 5.32 Å². The fraction of sp³-hybridized carbons (Fsp3) is 0.643. The van der Waals surface area contributed by atoms with Gasteiger partial charge in [-0.2, -0.15) is 13.2 Å². The molecule has 3 fully saturated rings. The smallest absolute Gasteiger partial charge is 0.420 e. The van der Waals surface area contributed by atoms with Gasteiger partial charge in [-0.25, -0.2) is 4.98 Å². The van der Waals surface area contributed by atoms with Crippen molar-refractivity contribution in [2.24, 2.45) is 23.7 Å². The molecule has 2 atom stereocenters. The molecular weight excluding hydrogens is 469 g/mol. The van der Waals surface area contributed by atoms with Gasteiger partial charge in [-0.05, 0) is 93.4 Å². The zero-order valence-electron chi connectivity index (χ0n) is 20.7. The molecule has 0 aliphatic heterocycles. The van der Waals surface area contributed by atoms with Crippen LogP contribution in [0.5, 0.6) is 5.75 Å². The molecule has 196 valence electrons. The fourth-order valence-corrected chi connectivity index (χ4v) is 6.84. The predicted molar refractivity (Wildman–Crippen MR) is 132 cm³/mol. The van der Waals surface area contributed by atoms with E-state index in [1.807, 2.05) is 0 Å². The fourth-order valence-electron chi connectivity index (χ4n) is 6.84. The van der Waals surface area contributed by atoms with Crippen LogP contribution >= 0.6 is 0 Å². The van der Waals surface area contributed by atoms with Crippen molar-refractivity contribution < 1.29 is 27.8 Å². The number of ether oxygens (including phenoxy) is 1. The van der Waals surface area contributed by atoms with Gasteiger partial charge in [0.15, 0.2) is 0 Å². The van der Waals surface area contributed by atoms with E-state index in [4.69, 9.17) is 4.74 Å². The Hall–Kier alpha value is -2.51. The number of hydrogen-bond acceptors (Lipinski definition) is 4. The van der Waals surface area contributed by atoms with Crippen LogP contribution in [0.4, 0.5) is 19.0 Å². The van der Waals surface area contributed by atoms with Gasteiger partial charge in [-0.3, -0.25) is 4.79 Å². The van der Waals surface area contributed by atoms with Crippen LogP contribution in [0.2, 0.25) is 0 Å². The Morgan fingerprint density at radius 2 is 1.75 bits per heavy atom. The molecule has 2 bridgehead atoms. The number of halogens is 3. The summed E-state index contributed by atoms with van der Waals surface area (Å²) in [5.41, 5.74) is -0.478. The Balaban J connectivity index is 1.38. The van der Waals surface area contributed by atoms with Gasteiger partial charge in [0, 0.05) is 11.4 Å². The van der Waals surface area contributed by atoms with E-state index in [1.54, 1.807) is 12.1 Å². The molecule has 2 N–H and O–H groups in total. The molecule has 2 unspecified atom stereocenters. The number of carbonyl (C=O) groups is 1. The third-order valence-electron chi connectivity index (χ3n) is 8.79. The lowest BCUT2D eigenvalue weighted by Crippen LogP contribution is -2.46. The number of aliphatic carboxylic acids is 1. The van der Waals surface area contributed by atoms with Gasteiger partial charge >= 0.3 is 12.1 Å². The van der Waals surface area contributed by atoms with E-state index >= 15 is 0 Å². The predicted octanol–water partition coefficient (Wildman–Crippen LogP) is 7.29. The highest BCUT2D eigenvalue weighted by Crippen LogP contribution is 2.45. The molecule has 3 aliphatic carbocycles. The van der Waals surface area contributed by atoms with E-state index < -0.39 is 17.7 Å². The van der Waals surface area contributed by atoms with Crippen LogP contribution in [-0.4, -0.2) is 28.2 Å². The first-order valence-corrected chi connectivity index (χ1v) is 13.4. The summed E-state index contributed by atoms with van der Waals surface area (Å²) in [4.78, 5) is 16.1. The Kier molecular flexibility index (Phi) is 7.05. The largest absolute Gasteiger partial charge is 0.490 e. The number of benzene rings is 1. The number of anilines is 1. The van der Waals surface area contributed by atoms with Gasteiger partial charge in [-0.1, -0.05) is 19.8 Å². The summed E-state index contributed by atoms with van der Waals surface area (Å²) in [6.45, 7) is 2.15. The van der Waals surface area contributed by atoms with E-state index in [0.717, 1.165) is 51.4 Å². The molecule has 8 heteroatoms. The number of hydrogen-bond donors (Lipinski definition) is 2. The van der Waals surface area contributed by atoms with E-state index in [9.17, 15) is 23.1 Å². The minimum atomic E-state index is -4.56. The van der Waals surface area contributed by atoms with Crippen LogP contribution in [0.3, 0.4) is 0 Å². The van der Waals surface area contributed by atoms with Crippen LogP contribution in [0, 0.1) is 23.7 Å². The van der Waals surface area contributed by atoms with Gasteiger partial charge in [0.2, 0.25) is 0 Å². The Morgan fingerprint density at radius 3 is 2.36 bits per heavy atom. The molecule has 5 nitrogen and oxygen atoms in total. The van der Waals surface area contributed by atoms with Crippen molar-refractivity contribution in [1.82, 2.24) is 4.98 Å². The Bertz CT molecular complexity index is 1080. The molecule has 0 amide bonds. The summed E-state index contributed by atoms with van der Waals surface area (Å²) >= 11 is 0. The highest BCUT2D eigenvalue weighted by molar-refractivity contribution is 5.86. The standard InChI is InChI=1S/C28H35F3N2O3/c1-2-16-6-8-20(9-7-16)36-23-12-11-22-21(25(23)28(29,30)31)10-13-24(32-22)33-26-17-4-3-5-18(26)15-19(14-17)27(34)35/h10-13,16-20,26H,2-9,14-15H2,1H3,(H,32,33)(H,34,35)/t16-,17?,18?,19?,20+,26?. The molecule has 0 spiro atoms. The Labute approximate surface area is 209 Å². The topological polar surface area (TPSA) is 71.5 Å². The SMILES string of the molecule is CC[C@H]1CC[C@@H](Oc2ccc3nc(NC4C5CCCC4CC(C(=O)O)C5)ccc3c2C(F)(F)F)CC1. The average Bonchev–Trinajstić information content (AvgIpc) is 2.83. The first kappa shape index (κ1) is 25.2. The van der Waals surface area contributed by atoms with Crippen LogP contribution < -0.4 is 10.1 Å². The highest BCUT2D eigenvalue weighted by Gasteiger charge is 2.43. The Morgan fingerprint density at radius 1 is 1.06 bits per heavy atom. The summed E-state index contributed by atoms with van der Waals surface area (Å²) in [7, 11) is 0. The van der Waals surface area contributed by atoms with Gasteiger partial charge in [0.1, 0.15) is 17.1 Å². The minimum Gasteiger partial charge on any atom is -0.490 e. The summed E-state index contributed by atoms with van der Waals surface area (Å²) in [6.07, 6.45) is 4.17.